The van der Waals surface area contributed by atoms with Gasteiger partial charge in [0.2, 0.25) is 0 Å². The van der Waals surface area contributed by atoms with Crippen molar-refractivity contribution in [3.8, 4) is 0 Å². The normalized spacial score (nSPS) is 12.5. The van der Waals surface area contributed by atoms with Crippen LogP contribution in [0.5, 0.6) is 0 Å². The van der Waals surface area contributed by atoms with E-state index in [1.807, 2.05) is 13.0 Å². The molecule has 88 valence electrons. The van der Waals surface area contributed by atoms with Crippen LogP contribution < -0.4 is 11.3 Å². The van der Waals surface area contributed by atoms with Gasteiger partial charge in [0.25, 0.3) is 0 Å². The quantitative estimate of drug-likeness (QED) is 0.494. The Morgan fingerprint density at radius 1 is 1.62 bits per heavy atom. The molecule has 0 heterocycles. The number of hydrogen-bond acceptors (Lipinski definition) is 2. The van der Waals surface area contributed by atoms with Gasteiger partial charge in [-0.25, -0.2) is 4.39 Å². The van der Waals surface area contributed by atoms with Gasteiger partial charge in [0.1, 0.15) is 5.82 Å². The zero-order valence-electron chi connectivity index (χ0n) is 9.26. The Balaban J connectivity index is 2.78. The average Bonchev–Trinajstić information content (AvgIpc) is 2.23. The van der Waals surface area contributed by atoms with Crippen LogP contribution in [0.25, 0.3) is 0 Å². The predicted octanol–water partition coefficient (Wildman–Crippen LogP) is 3.45. The molecule has 4 heteroatoms. The lowest BCUT2D eigenvalue weighted by Crippen LogP contribution is -2.28. The molecule has 0 radical (unpaired) electrons. The van der Waals surface area contributed by atoms with E-state index in [9.17, 15) is 4.39 Å². The molecule has 0 saturated carbocycles. The summed E-state index contributed by atoms with van der Waals surface area (Å²) in [5.74, 6) is 5.20. The number of nitrogens with one attached hydrogen (secondary N) is 1. The van der Waals surface area contributed by atoms with Crippen molar-refractivity contribution in [3.05, 3.63) is 46.2 Å². The Morgan fingerprint density at radius 2 is 2.31 bits per heavy atom. The highest BCUT2D eigenvalue weighted by Gasteiger charge is 2.11. The first-order valence-corrected chi connectivity index (χ1v) is 5.89. The lowest BCUT2D eigenvalue weighted by molar-refractivity contribution is 0.510. The summed E-state index contributed by atoms with van der Waals surface area (Å²) < 4.78 is 13.8. The van der Waals surface area contributed by atoms with Gasteiger partial charge in [-0.3, -0.25) is 11.3 Å². The third kappa shape index (κ3) is 3.70. The lowest BCUT2D eigenvalue weighted by Gasteiger charge is -2.16. The van der Waals surface area contributed by atoms with Crippen LogP contribution in [0.2, 0.25) is 0 Å². The summed E-state index contributed by atoms with van der Waals surface area (Å²) in [5.41, 5.74) is 4.64. The van der Waals surface area contributed by atoms with Crippen LogP contribution in [0.1, 0.15) is 31.4 Å². The van der Waals surface area contributed by atoms with Crippen molar-refractivity contribution in [3.63, 3.8) is 0 Å². The second-order valence-corrected chi connectivity index (χ2v) is 4.74. The molecule has 1 aromatic carbocycles. The largest absolute Gasteiger partial charge is 0.271 e. The van der Waals surface area contributed by atoms with Crippen LogP contribution in [-0.2, 0) is 0 Å². The first-order chi connectivity index (χ1) is 7.54. The Hall–Kier alpha value is -0.710. The topological polar surface area (TPSA) is 38.0 Å². The summed E-state index contributed by atoms with van der Waals surface area (Å²) in [6.07, 6.45) is 1.68. The predicted molar refractivity (Wildman–Crippen MR) is 68.2 cm³/mol. The van der Waals surface area contributed by atoms with Crippen molar-refractivity contribution in [2.24, 2.45) is 5.84 Å². The van der Waals surface area contributed by atoms with E-state index in [1.54, 1.807) is 6.07 Å². The number of allylic oxidation sites excluding steroid dienone is 1. The number of benzene rings is 1. The van der Waals surface area contributed by atoms with Crippen LogP contribution in [0.15, 0.2) is 34.8 Å². The van der Waals surface area contributed by atoms with Crippen molar-refractivity contribution >= 4 is 15.9 Å². The van der Waals surface area contributed by atoms with Crippen molar-refractivity contribution < 1.29 is 4.39 Å². The molecule has 1 atom stereocenters. The third-order valence-electron chi connectivity index (χ3n) is 2.41. The summed E-state index contributed by atoms with van der Waals surface area (Å²) in [6.45, 7) is 5.80. The molecule has 0 bridgehead atoms. The molecule has 1 aromatic rings. The summed E-state index contributed by atoms with van der Waals surface area (Å²) in [4.78, 5) is 0. The van der Waals surface area contributed by atoms with E-state index in [2.05, 4.69) is 27.9 Å². The molecule has 0 spiro atoms. The molecule has 0 aromatic heterocycles. The van der Waals surface area contributed by atoms with Crippen LogP contribution in [0.3, 0.4) is 0 Å². The molecular formula is C12H16BrFN2. The third-order valence-corrected chi connectivity index (χ3v) is 3.05. The molecule has 0 amide bonds. The molecule has 2 nitrogen and oxygen atoms in total. The van der Waals surface area contributed by atoms with E-state index in [4.69, 9.17) is 5.84 Å². The molecular weight excluding hydrogens is 271 g/mol. The van der Waals surface area contributed by atoms with E-state index in [0.717, 1.165) is 24.0 Å². The molecule has 0 aliphatic heterocycles. The lowest BCUT2D eigenvalue weighted by atomic mass is 10.0. The van der Waals surface area contributed by atoms with E-state index in [-0.39, 0.29) is 11.9 Å². The van der Waals surface area contributed by atoms with E-state index in [0.29, 0.717) is 4.47 Å². The Kier molecular flexibility index (Phi) is 5.12. The SMILES string of the molecule is C=C(C)CCC(NN)c1ccc(Br)c(F)c1. The molecule has 16 heavy (non-hydrogen) atoms. The first-order valence-electron chi connectivity index (χ1n) is 5.10. The molecule has 0 saturated heterocycles. The van der Waals surface area contributed by atoms with Gasteiger partial charge in [0.15, 0.2) is 0 Å². The zero-order valence-corrected chi connectivity index (χ0v) is 10.8. The summed E-state index contributed by atoms with van der Waals surface area (Å²) in [5, 5.41) is 0. The first kappa shape index (κ1) is 13.4. The minimum atomic E-state index is -0.270. The fourth-order valence-electron chi connectivity index (χ4n) is 1.47. The van der Waals surface area contributed by atoms with Gasteiger partial charge in [-0.1, -0.05) is 11.6 Å². The van der Waals surface area contributed by atoms with Crippen molar-refractivity contribution in [2.45, 2.75) is 25.8 Å². The van der Waals surface area contributed by atoms with Crippen LogP contribution in [-0.4, -0.2) is 0 Å². The fraction of sp³-hybridized carbons (Fsp3) is 0.333. The highest BCUT2D eigenvalue weighted by atomic mass is 79.9. The fourth-order valence-corrected chi connectivity index (χ4v) is 1.71. The van der Waals surface area contributed by atoms with Gasteiger partial charge >= 0.3 is 0 Å². The van der Waals surface area contributed by atoms with E-state index >= 15 is 0 Å². The maximum absolute atomic E-state index is 13.3. The van der Waals surface area contributed by atoms with Gasteiger partial charge in [0.05, 0.1) is 4.47 Å². The summed E-state index contributed by atoms with van der Waals surface area (Å²) in [7, 11) is 0. The number of nitrogens with two attached hydrogens (primary N) is 1. The number of hydrazine groups is 1. The zero-order chi connectivity index (χ0) is 12.1. The van der Waals surface area contributed by atoms with Gasteiger partial charge in [-0.2, -0.15) is 0 Å². The average molecular weight is 287 g/mol. The van der Waals surface area contributed by atoms with Crippen molar-refractivity contribution in [1.29, 1.82) is 0 Å². The highest BCUT2D eigenvalue weighted by molar-refractivity contribution is 9.10. The second kappa shape index (κ2) is 6.13. The number of halogens is 2. The number of hydrogen-bond donors (Lipinski definition) is 2. The molecule has 3 N–H and O–H groups in total. The van der Waals surface area contributed by atoms with E-state index in [1.165, 1.54) is 6.07 Å². The van der Waals surface area contributed by atoms with Crippen LogP contribution in [0, 0.1) is 5.82 Å². The molecule has 1 unspecified atom stereocenters. The van der Waals surface area contributed by atoms with Gasteiger partial charge in [-0.05, 0) is 53.4 Å². The number of rotatable bonds is 5. The molecule has 0 fully saturated rings. The van der Waals surface area contributed by atoms with Crippen molar-refractivity contribution in [2.75, 3.05) is 0 Å². The van der Waals surface area contributed by atoms with Gasteiger partial charge in [0, 0.05) is 6.04 Å². The molecule has 0 aliphatic rings. The molecule has 0 aliphatic carbocycles. The van der Waals surface area contributed by atoms with Gasteiger partial charge in [-0.15, -0.1) is 6.58 Å². The van der Waals surface area contributed by atoms with Crippen molar-refractivity contribution in [1.82, 2.24) is 5.43 Å². The summed E-state index contributed by atoms with van der Waals surface area (Å²) in [6, 6.07) is 5.00. The Morgan fingerprint density at radius 3 is 2.81 bits per heavy atom. The highest BCUT2D eigenvalue weighted by Crippen LogP contribution is 2.23. The summed E-state index contributed by atoms with van der Waals surface area (Å²) >= 11 is 3.12. The van der Waals surface area contributed by atoms with E-state index < -0.39 is 0 Å². The standard InChI is InChI=1S/C12H16BrFN2/c1-8(2)3-6-12(16-15)9-4-5-10(13)11(14)7-9/h4-5,7,12,16H,1,3,6,15H2,2H3. The Labute approximate surface area is 104 Å². The van der Waals surface area contributed by atoms with Crippen LogP contribution in [0.4, 0.5) is 4.39 Å². The Bertz CT molecular complexity index is 379. The van der Waals surface area contributed by atoms with Crippen LogP contribution >= 0.6 is 15.9 Å². The smallest absolute Gasteiger partial charge is 0.137 e. The monoisotopic (exact) mass is 286 g/mol. The molecule has 1 rings (SSSR count). The van der Waals surface area contributed by atoms with Gasteiger partial charge < -0.3 is 0 Å². The minimum absolute atomic E-state index is 0.0423. The second-order valence-electron chi connectivity index (χ2n) is 3.89. The maximum atomic E-state index is 13.3. The minimum Gasteiger partial charge on any atom is -0.271 e. The maximum Gasteiger partial charge on any atom is 0.137 e.